The van der Waals surface area contributed by atoms with Crippen LogP contribution >= 0.6 is 0 Å². The average Bonchev–Trinajstić information content (AvgIpc) is 3.65. The Bertz CT molecular complexity index is 2000. The van der Waals surface area contributed by atoms with Gasteiger partial charge < -0.3 is 24.3 Å². The lowest BCUT2D eigenvalue weighted by Gasteiger charge is -2.41. The number of hydrogen-bond acceptors (Lipinski definition) is 8. The first-order chi connectivity index (χ1) is 23.2. The summed E-state index contributed by atoms with van der Waals surface area (Å²) in [5, 5.41) is 3.70. The van der Waals surface area contributed by atoms with Gasteiger partial charge in [0.15, 0.2) is 0 Å². The second-order valence-corrected chi connectivity index (χ2v) is 13.1. The molecule has 7 rings (SSSR count). The summed E-state index contributed by atoms with van der Waals surface area (Å²) in [5.41, 5.74) is 5.40. The summed E-state index contributed by atoms with van der Waals surface area (Å²) in [6.07, 6.45) is 8.49. The Morgan fingerprint density at radius 3 is 2.46 bits per heavy atom. The van der Waals surface area contributed by atoms with Crippen LogP contribution in [-0.4, -0.2) is 87.0 Å². The Morgan fingerprint density at radius 2 is 1.73 bits per heavy atom. The van der Waals surface area contributed by atoms with Gasteiger partial charge in [-0.25, -0.2) is 4.98 Å². The lowest BCUT2D eigenvalue weighted by atomic mass is 9.84. The number of benzene rings is 2. The lowest BCUT2D eigenvalue weighted by molar-refractivity contribution is -0.131. The molecule has 1 amide bonds. The number of imidazole rings is 1. The van der Waals surface area contributed by atoms with Crippen molar-refractivity contribution in [3.8, 4) is 22.8 Å². The van der Waals surface area contributed by atoms with E-state index in [9.17, 15) is 9.59 Å². The fraction of sp³-hybridized carbons (Fsp3) is 0.405. The molecule has 5 aromatic rings. The van der Waals surface area contributed by atoms with Gasteiger partial charge >= 0.3 is 5.97 Å². The number of nitrogens with zero attached hydrogens (tertiary/aromatic N) is 6. The van der Waals surface area contributed by atoms with E-state index in [2.05, 4.69) is 31.5 Å². The van der Waals surface area contributed by atoms with Crippen LogP contribution in [0.15, 0.2) is 54.9 Å². The van der Waals surface area contributed by atoms with E-state index in [0.29, 0.717) is 40.2 Å². The molecular weight excluding hydrogens is 606 g/mol. The summed E-state index contributed by atoms with van der Waals surface area (Å²) in [5.74, 6) is 1.67. The predicted molar refractivity (Wildman–Crippen MR) is 186 cm³/mol. The molecule has 11 heteroatoms. The number of ether oxygens (including phenoxy) is 2. The van der Waals surface area contributed by atoms with Crippen LogP contribution in [0.3, 0.4) is 0 Å². The smallest absolute Gasteiger partial charge is 0.308 e. The summed E-state index contributed by atoms with van der Waals surface area (Å²) in [4.78, 5) is 40.2. The van der Waals surface area contributed by atoms with Gasteiger partial charge in [0, 0.05) is 75.5 Å². The molecule has 1 saturated carbocycles. The molecule has 3 aromatic heterocycles. The molecule has 0 unspecified atom stereocenters. The summed E-state index contributed by atoms with van der Waals surface area (Å²) in [6.45, 7) is 7.99. The third-order valence-corrected chi connectivity index (χ3v) is 10.1. The number of fused-ring (bicyclic) bond motifs is 2. The number of carbonyl (C=O) groups excluding carboxylic acids is 2. The van der Waals surface area contributed by atoms with Crippen LogP contribution in [0.25, 0.3) is 27.7 Å². The second kappa shape index (κ2) is 13.0. The van der Waals surface area contributed by atoms with Gasteiger partial charge in [-0.2, -0.15) is 0 Å². The number of anilines is 1. The monoisotopic (exact) mass is 649 g/mol. The summed E-state index contributed by atoms with van der Waals surface area (Å²) in [7, 11) is 5.62. The molecule has 4 heterocycles. The van der Waals surface area contributed by atoms with E-state index in [1.54, 1.807) is 29.9 Å². The van der Waals surface area contributed by atoms with E-state index in [1.807, 2.05) is 50.6 Å². The minimum absolute atomic E-state index is 0.310. The Balaban J connectivity index is 1.15. The number of rotatable bonds is 7. The van der Waals surface area contributed by atoms with Gasteiger partial charge in [0.2, 0.25) is 0 Å². The number of esters is 1. The number of likely N-dealkylation sites (N-methyl/N-ethyl adjacent to an activating group) is 1. The van der Waals surface area contributed by atoms with E-state index in [4.69, 9.17) is 14.5 Å². The van der Waals surface area contributed by atoms with Gasteiger partial charge in [0.25, 0.3) is 5.91 Å². The maximum absolute atomic E-state index is 13.6. The number of aromatic nitrogens is 4. The highest BCUT2D eigenvalue weighted by Gasteiger charge is 2.31. The van der Waals surface area contributed by atoms with Crippen LogP contribution in [0.5, 0.6) is 11.5 Å². The molecule has 0 spiro atoms. The largest absolute Gasteiger partial charge is 0.495 e. The van der Waals surface area contributed by atoms with Crippen molar-refractivity contribution in [2.24, 2.45) is 7.05 Å². The summed E-state index contributed by atoms with van der Waals surface area (Å²) >= 11 is 0. The Labute approximate surface area is 280 Å². The molecular formula is C37H43N7O4. The highest BCUT2D eigenvalue weighted by atomic mass is 16.5. The van der Waals surface area contributed by atoms with E-state index >= 15 is 0 Å². The van der Waals surface area contributed by atoms with Gasteiger partial charge in [0.05, 0.1) is 35.2 Å². The molecule has 2 aromatic carbocycles. The van der Waals surface area contributed by atoms with Crippen LogP contribution in [-0.2, 0) is 11.8 Å². The normalized spacial score (nSPS) is 19.1. The zero-order valence-electron chi connectivity index (χ0n) is 28.3. The molecule has 1 saturated heterocycles. The molecule has 250 valence electrons. The van der Waals surface area contributed by atoms with Crippen molar-refractivity contribution in [3.05, 3.63) is 72.1 Å². The van der Waals surface area contributed by atoms with Crippen molar-refractivity contribution in [1.29, 1.82) is 0 Å². The molecule has 48 heavy (non-hydrogen) atoms. The quantitative estimate of drug-likeness (QED) is 0.178. The molecule has 0 radical (unpaired) electrons. The highest BCUT2D eigenvalue weighted by molar-refractivity contribution is 6.08. The van der Waals surface area contributed by atoms with E-state index in [1.165, 1.54) is 19.8 Å². The van der Waals surface area contributed by atoms with Crippen molar-refractivity contribution >= 4 is 34.0 Å². The molecule has 1 aliphatic carbocycles. The summed E-state index contributed by atoms with van der Waals surface area (Å²) in [6, 6.07) is 13.5. The average molecular weight is 650 g/mol. The highest BCUT2D eigenvalue weighted by Crippen LogP contribution is 2.39. The number of hydrogen-bond donors (Lipinski definition) is 1. The molecule has 1 aliphatic heterocycles. The van der Waals surface area contributed by atoms with Gasteiger partial charge in [-0.3, -0.25) is 23.9 Å². The molecule has 2 fully saturated rings. The van der Waals surface area contributed by atoms with E-state index in [-0.39, 0.29) is 5.91 Å². The summed E-state index contributed by atoms with van der Waals surface area (Å²) < 4.78 is 15.2. The standard InChI is InChI=1S/C37H43N7O4/c1-23-35-34(40-36(44(35)16-15-38-23)25-9-12-27(13-10-25)43-19-17-41(3)18-20-43)26-11-14-29(33(21-26)47-5)39-37(46)31-22-28-30(42(31)4)7-6-8-32(28)48-24(2)45/h6-8,11,14-16,21-22,25,27H,9-10,12-13,17-20H2,1-5H3,(H,39,46)/t25-,27-. The van der Waals surface area contributed by atoms with Crippen LogP contribution in [0.4, 0.5) is 5.69 Å². The predicted octanol–water partition coefficient (Wildman–Crippen LogP) is 5.66. The van der Waals surface area contributed by atoms with Crippen LogP contribution in [0.1, 0.15) is 60.5 Å². The maximum Gasteiger partial charge on any atom is 0.308 e. The topological polar surface area (TPSA) is 106 Å². The first kappa shape index (κ1) is 31.8. The number of nitrogens with one attached hydrogen (secondary N) is 1. The maximum atomic E-state index is 13.6. The van der Waals surface area contributed by atoms with Crippen LogP contribution < -0.4 is 14.8 Å². The minimum Gasteiger partial charge on any atom is -0.495 e. The van der Waals surface area contributed by atoms with Gasteiger partial charge in [0.1, 0.15) is 23.0 Å². The van der Waals surface area contributed by atoms with Crippen molar-refractivity contribution in [2.75, 3.05) is 45.7 Å². The van der Waals surface area contributed by atoms with E-state index < -0.39 is 5.97 Å². The Kier molecular flexibility index (Phi) is 8.65. The third kappa shape index (κ3) is 5.92. The molecule has 11 nitrogen and oxygen atoms in total. The number of aryl methyl sites for hydroxylation is 2. The van der Waals surface area contributed by atoms with Gasteiger partial charge in [-0.15, -0.1) is 0 Å². The minimum atomic E-state index is -0.417. The van der Waals surface area contributed by atoms with Crippen LogP contribution in [0.2, 0.25) is 0 Å². The van der Waals surface area contributed by atoms with Crippen molar-refractivity contribution in [2.45, 2.75) is 51.5 Å². The Morgan fingerprint density at radius 1 is 0.958 bits per heavy atom. The fourth-order valence-corrected chi connectivity index (χ4v) is 7.52. The van der Waals surface area contributed by atoms with Crippen molar-refractivity contribution in [1.82, 2.24) is 28.7 Å². The number of methoxy groups -OCH3 is 1. The van der Waals surface area contributed by atoms with E-state index in [0.717, 1.165) is 72.8 Å². The molecule has 2 aliphatic rings. The SMILES string of the molecule is COc1cc(-c2nc([C@H]3CC[C@H](N4CCN(C)CC4)CC3)n3ccnc(C)c23)ccc1NC(=O)c1cc2c(OC(C)=O)cccc2n1C. The van der Waals surface area contributed by atoms with Crippen molar-refractivity contribution in [3.63, 3.8) is 0 Å². The lowest BCUT2D eigenvalue weighted by Crippen LogP contribution is -2.49. The first-order valence-corrected chi connectivity index (χ1v) is 16.7. The van der Waals surface area contributed by atoms with Crippen LogP contribution in [0, 0.1) is 6.92 Å². The number of amides is 1. The van der Waals surface area contributed by atoms with Gasteiger partial charge in [-0.05, 0) is 70.0 Å². The third-order valence-electron chi connectivity index (χ3n) is 10.1. The first-order valence-electron chi connectivity index (χ1n) is 16.7. The zero-order chi connectivity index (χ0) is 33.5. The fourth-order valence-electron chi connectivity index (χ4n) is 7.52. The molecule has 1 N–H and O–H groups in total. The second-order valence-electron chi connectivity index (χ2n) is 13.1. The molecule has 0 bridgehead atoms. The zero-order valence-corrected chi connectivity index (χ0v) is 28.3. The number of piperazine rings is 1. The number of carbonyl (C=O) groups is 2. The van der Waals surface area contributed by atoms with Crippen molar-refractivity contribution < 1.29 is 19.1 Å². The molecule has 0 atom stereocenters. The van der Waals surface area contributed by atoms with Gasteiger partial charge in [-0.1, -0.05) is 12.1 Å². The Hall–Kier alpha value is -4.74.